The van der Waals surface area contributed by atoms with Gasteiger partial charge in [-0.15, -0.1) is 5.10 Å². The van der Waals surface area contributed by atoms with E-state index in [9.17, 15) is 10.1 Å². The van der Waals surface area contributed by atoms with Gasteiger partial charge in [0.15, 0.2) is 5.78 Å². The van der Waals surface area contributed by atoms with E-state index in [1.807, 2.05) is 74.6 Å². The largest absolute Gasteiger partial charge is 0.487 e. The number of rotatable bonds is 6. The van der Waals surface area contributed by atoms with Gasteiger partial charge in [0.2, 0.25) is 5.88 Å². The van der Waals surface area contributed by atoms with E-state index in [-0.39, 0.29) is 29.3 Å². The summed E-state index contributed by atoms with van der Waals surface area (Å²) in [6.45, 7) is 4.96. The molecule has 1 aliphatic heterocycles. The maximum atomic E-state index is 13.1. The minimum absolute atomic E-state index is 0.00887. The highest BCUT2D eigenvalue weighted by Gasteiger charge is 2.42. The zero-order valence-corrected chi connectivity index (χ0v) is 20.3. The number of ketones is 1. The zero-order chi connectivity index (χ0) is 25.3. The molecule has 2 N–H and O–H groups in total. The van der Waals surface area contributed by atoms with Gasteiger partial charge >= 0.3 is 0 Å². The summed E-state index contributed by atoms with van der Waals surface area (Å²) in [6, 6.07) is 19.6. The van der Waals surface area contributed by atoms with Crippen molar-refractivity contribution in [2.75, 3.05) is 0 Å². The summed E-state index contributed by atoms with van der Waals surface area (Å²) in [4.78, 5) is 13.1. The van der Waals surface area contributed by atoms with Crippen LogP contribution in [-0.2, 0) is 22.7 Å². The fourth-order valence-electron chi connectivity index (χ4n) is 4.78. The lowest BCUT2D eigenvalue weighted by molar-refractivity contribution is -0.119. The van der Waals surface area contributed by atoms with Gasteiger partial charge in [0.05, 0.1) is 18.7 Å². The van der Waals surface area contributed by atoms with E-state index >= 15 is 0 Å². The summed E-state index contributed by atoms with van der Waals surface area (Å²) in [5, 5.41) is 18.1. The average Bonchev–Trinajstić information content (AvgIpc) is 3.29. The van der Waals surface area contributed by atoms with Crippen molar-refractivity contribution in [1.29, 1.82) is 5.26 Å². The van der Waals surface area contributed by atoms with E-state index in [1.54, 1.807) is 4.68 Å². The number of ether oxygens (including phenoxy) is 2. The number of carbonyl (C=O) groups is 1. The molecule has 1 aromatic heterocycles. The number of allylic oxidation sites excluding steroid dienone is 3. The topological polar surface area (TPSA) is 116 Å². The predicted molar refractivity (Wildman–Crippen MR) is 132 cm³/mol. The van der Waals surface area contributed by atoms with Crippen LogP contribution in [0, 0.1) is 16.7 Å². The number of carbonyl (C=O) groups excluding carboxylic acids is 1. The average molecular weight is 482 g/mol. The van der Waals surface area contributed by atoms with Crippen LogP contribution in [0.15, 0.2) is 83.6 Å². The first-order valence-electron chi connectivity index (χ1n) is 11.8. The van der Waals surface area contributed by atoms with E-state index in [0.717, 1.165) is 11.1 Å². The van der Waals surface area contributed by atoms with Crippen molar-refractivity contribution in [3.8, 4) is 11.8 Å². The number of nitrogens with zero attached hydrogens (tertiary/aromatic N) is 4. The third-order valence-electron chi connectivity index (χ3n) is 6.45. The molecule has 0 saturated carbocycles. The third-order valence-corrected chi connectivity index (χ3v) is 6.45. The number of hydrogen-bond acceptors (Lipinski definition) is 7. The lowest BCUT2D eigenvalue weighted by atomic mass is 9.70. The van der Waals surface area contributed by atoms with Crippen LogP contribution in [0.3, 0.4) is 0 Å². The highest BCUT2D eigenvalue weighted by molar-refractivity contribution is 6.00. The summed E-state index contributed by atoms with van der Waals surface area (Å²) >= 11 is 0. The molecule has 2 aromatic carbocycles. The van der Waals surface area contributed by atoms with Crippen molar-refractivity contribution in [1.82, 2.24) is 15.0 Å². The van der Waals surface area contributed by atoms with E-state index in [4.69, 9.17) is 15.2 Å². The molecule has 1 unspecified atom stereocenters. The lowest BCUT2D eigenvalue weighted by Crippen LogP contribution is -2.33. The number of benzene rings is 2. The van der Waals surface area contributed by atoms with Crippen molar-refractivity contribution >= 4 is 5.78 Å². The van der Waals surface area contributed by atoms with Crippen LogP contribution >= 0.6 is 0 Å². The molecule has 0 saturated heterocycles. The number of hydrogen-bond donors (Lipinski definition) is 1. The first-order chi connectivity index (χ1) is 17.3. The molecule has 2 heterocycles. The van der Waals surface area contributed by atoms with Gasteiger partial charge in [-0.25, -0.2) is 4.68 Å². The fourth-order valence-corrected chi connectivity index (χ4v) is 4.78. The Morgan fingerprint density at radius 3 is 2.64 bits per heavy atom. The molecule has 5 rings (SSSR count). The molecular weight excluding hydrogens is 454 g/mol. The number of nitriles is 1. The summed E-state index contributed by atoms with van der Waals surface area (Å²) < 4.78 is 13.4. The third kappa shape index (κ3) is 4.73. The lowest BCUT2D eigenvalue weighted by Gasteiger charge is -2.37. The van der Waals surface area contributed by atoms with Crippen molar-refractivity contribution < 1.29 is 14.3 Å². The van der Waals surface area contributed by atoms with Crippen molar-refractivity contribution in [3.05, 3.63) is 100 Å². The normalized spacial score (nSPS) is 18.9. The highest BCUT2D eigenvalue weighted by Crippen LogP contribution is 2.47. The Morgan fingerprint density at radius 2 is 1.92 bits per heavy atom. The molecule has 3 aromatic rings. The van der Waals surface area contributed by atoms with Crippen LogP contribution in [0.5, 0.6) is 5.75 Å². The summed E-state index contributed by atoms with van der Waals surface area (Å²) in [5.74, 6) is 0.714. The Hall–Kier alpha value is -4.38. The molecule has 0 amide bonds. The molecule has 0 spiro atoms. The molecule has 0 bridgehead atoms. The smallest absolute Gasteiger partial charge is 0.205 e. The maximum absolute atomic E-state index is 13.1. The van der Waals surface area contributed by atoms with E-state index in [1.165, 1.54) is 0 Å². The molecule has 0 fully saturated rings. The predicted octanol–water partition coefficient (Wildman–Crippen LogP) is 4.36. The Bertz CT molecular complexity index is 1390. The fraction of sp³-hybridized carbons (Fsp3) is 0.286. The minimum Gasteiger partial charge on any atom is -0.487 e. The quantitative estimate of drug-likeness (QED) is 0.556. The Labute approximate surface area is 209 Å². The second-order valence-corrected chi connectivity index (χ2v) is 9.95. The van der Waals surface area contributed by atoms with Crippen LogP contribution in [0.25, 0.3) is 0 Å². The van der Waals surface area contributed by atoms with Crippen LogP contribution < -0.4 is 10.5 Å². The molecule has 182 valence electrons. The van der Waals surface area contributed by atoms with E-state index in [2.05, 4.69) is 16.4 Å². The zero-order valence-electron chi connectivity index (χ0n) is 20.3. The Balaban J connectivity index is 1.31. The van der Waals surface area contributed by atoms with Crippen LogP contribution in [0.2, 0.25) is 0 Å². The molecule has 1 aliphatic carbocycles. The second-order valence-electron chi connectivity index (χ2n) is 9.95. The van der Waals surface area contributed by atoms with E-state index in [0.29, 0.717) is 42.2 Å². The minimum atomic E-state index is -0.547. The number of nitrogens with two attached hydrogens (primary N) is 1. The standard InChI is InChI=1S/C28H27N5O3/c1-28(2)12-23(34)26-24(13-28)36-27(30)22(14-29)25(26)19-8-10-21(11-9-19)35-17-20-16-33(32-31-20)15-18-6-4-3-5-7-18/h3-11,16,25H,12-13,15,17,30H2,1-2H3. The Morgan fingerprint density at radius 1 is 1.17 bits per heavy atom. The van der Waals surface area contributed by atoms with Gasteiger partial charge in [-0.05, 0) is 28.7 Å². The molecule has 8 heteroatoms. The van der Waals surface area contributed by atoms with E-state index < -0.39 is 5.92 Å². The highest BCUT2D eigenvalue weighted by atomic mass is 16.5. The van der Waals surface area contributed by atoms with Gasteiger partial charge in [0.25, 0.3) is 0 Å². The number of aromatic nitrogens is 3. The van der Waals surface area contributed by atoms with Crippen LogP contribution in [0.4, 0.5) is 0 Å². The SMILES string of the molecule is CC1(C)CC(=O)C2=C(C1)OC(N)=C(C#N)C2c1ccc(OCc2cn(Cc3ccccc3)nn2)cc1. The Kier molecular flexibility index (Phi) is 6.06. The summed E-state index contributed by atoms with van der Waals surface area (Å²) in [5.41, 5.74) is 9.32. The van der Waals surface area contributed by atoms with Gasteiger partial charge in [0.1, 0.15) is 35.5 Å². The van der Waals surface area contributed by atoms with Gasteiger partial charge in [-0.2, -0.15) is 5.26 Å². The summed E-state index contributed by atoms with van der Waals surface area (Å²) in [7, 11) is 0. The van der Waals surface area contributed by atoms with Gasteiger partial charge in [-0.3, -0.25) is 4.79 Å². The summed E-state index contributed by atoms with van der Waals surface area (Å²) in [6.07, 6.45) is 2.85. The monoisotopic (exact) mass is 481 g/mol. The van der Waals surface area contributed by atoms with Crippen LogP contribution in [-0.4, -0.2) is 20.8 Å². The molecule has 1 atom stereocenters. The van der Waals surface area contributed by atoms with Crippen molar-refractivity contribution in [2.24, 2.45) is 11.1 Å². The molecule has 2 aliphatic rings. The maximum Gasteiger partial charge on any atom is 0.205 e. The van der Waals surface area contributed by atoms with Crippen LogP contribution in [0.1, 0.15) is 49.4 Å². The van der Waals surface area contributed by atoms with Crippen molar-refractivity contribution in [2.45, 2.75) is 45.8 Å². The van der Waals surface area contributed by atoms with Gasteiger partial charge in [0, 0.05) is 18.4 Å². The first kappa shape index (κ1) is 23.4. The second kappa shape index (κ2) is 9.34. The molecular formula is C28H27N5O3. The first-order valence-corrected chi connectivity index (χ1v) is 11.8. The van der Waals surface area contributed by atoms with Gasteiger partial charge < -0.3 is 15.2 Å². The number of Topliss-reactive ketones (excluding diaryl/α,β-unsaturated/α-hetero) is 1. The molecule has 0 radical (unpaired) electrons. The van der Waals surface area contributed by atoms with Gasteiger partial charge in [-0.1, -0.05) is 61.5 Å². The van der Waals surface area contributed by atoms with Crippen molar-refractivity contribution in [3.63, 3.8) is 0 Å². The molecule has 8 nitrogen and oxygen atoms in total. The molecule has 36 heavy (non-hydrogen) atoms.